The number of hydrogen-bond acceptors (Lipinski definition) is 2. The molecule has 0 radical (unpaired) electrons. The molecule has 3 heteroatoms. The second kappa shape index (κ2) is 24.6. The average molecular weight is 403 g/mol. The number of hydrogen-bond donors (Lipinski definition) is 2. The standard InChI is InChI=1S/C26H46N2O/c1-2-3-4-5-6-7-8-9-10-11-12-13-14-15-16-17-18-19-20-21-22-23-26(29)28-25-24-27/h2-16,21-25,27H2,1H3,(H,28,29). The van der Waals surface area contributed by atoms with Crippen LogP contribution in [0.5, 0.6) is 0 Å². The van der Waals surface area contributed by atoms with Gasteiger partial charge >= 0.3 is 0 Å². The van der Waals surface area contributed by atoms with Crippen LogP contribution in [-0.2, 0) is 4.79 Å². The normalized spacial score (nSPS) is 10.0. The summed E-state index contributed by atoms with van der Waals surface area (Å²) in [6.45, 7) is 3.32. The summed E-state index contributed by atoms with van der Waals surface area (Å²) < 4.78 is 0. The van der Waals surface area contributed by atoms with Crippen molar-refractivity contribution >= 4 is 5.91 Å². The lowest BCUT2D eigenvalue weighted by Crippen LogP contribution is -2.28. The second-order valence-electron chi connectivity index (χ2n) is 7.94. The first kappa shape index (κ1) is 27.5. The quantitative estimate of drug-likeness (QED) is 0.202. The van der Waals surface area contributed by atoms with E-state index in [-0.39, 0.29) is 5.91 Å². The highest BCUT2D eigenvalue weighted by molar-refractivity contribution is 5.75. The Kier molecular flexibility index (Phi) is 23.4. The smallest absolute Gasteiger partial charge is 0.220 e. The molecule has 0 atom stereocenters. The van der Waals surface area contributed by atoms with E-state index in [1.165, 1.54) is 89.9 Å². The molecule has 0 bridgehead atoms. The third kappa shape index (κ3) is 24.5. The van der Waals surface area contributed by atoms with Crippen molar-refractivity contribution in [2.24, 2.45) is 5.73 Å². The number of unbranched alkanes of at least 4 members (excludes halogenated alkanes) is 15. The van der Waals surface area contributed by atoms with Crippen molar-refractivity contribution < 1.29 is 4.79 Å². The van der Waals surface area contributed by atoms with E-state index < -0.39 is 0 Å². The molecule has 0 aliphatic rings. The highest BCUT2D eigenvalue weighted by Crippen LogP contribution is 2.13. The molecule has 3 nitrogen and oxygen atoms in total. The van der Waals surface area contributed by atoms with Crippen LogP contribution in [0, 0.1) is 23.7 Å². The summed E-state index contributed by atoms with van der Waals surface area (Å²) in [6.07, 6.45) is 22.4. The molecule has 29 heavy (non-hydrogen) atoms. The van der Waals surface area contributed by atoms with Crippen LogP contribution in [0.3, 0.4) is 0 Å². The van der Waals surface area contributed by atoms with Crippen molar-refractivity contribution in [2.75, 3.05) is 13.1 Å². The van der Waals surface area contributed by atoms with Crippen LogP contribution in [-0.4, -0.2) is 19.0 Å². The zero-order valence-corrected chi connectivity index (χ0v) is 19.1. The molecule has 0 aromatic heterocycles. The predicted octanol–water partition coefficient (Wildman–Crippen LogP) is 6.11. The Morgan fingerprint density at radius 3 is 1.62 bits per heavy atom. The highest BCUT2D eigenvalue weighted by Gasteiger charge is 1.97. The number of nitrogens with two attached hydrogens (primary N) is 1. The molecule has 0 saturated heterocycles. The lowest BCUT2D eigenvalue weighted by Gasteiger charge is -2.02. The van der Waals surface area contributed by atoms with E-state index in [0.717, 1.165) is 19.3 Å². The summed E-state index contributed by atoms with van der Waals surface area (Å²) in [7, 11) is 0. The Hall–Kier alpha value is -1.45. The summed E-state index contributed by atoms with van der Waals surface area (Å²) in [4.78, 5) is 11.4. The Bertz CT molecular complexity index is 478. The van der Waals surface area contributed by atoms with Gasteiger partial charge in [-0.05, 0) is 24.7 Å². The van der Waals surface area contributed by atoms with Crippen LogP contribution in [0.15, 0.2) is 0 Å². The molecule has 0 unspecified atom stereocenters. The Balaban J connectivity index is 3.27. The maximum atomic E-state index is 11.4. The van der Waals surface area contributed by atoms with Crippen LogP contribution in [0.4, 0.5) is 0 Å². The van der Waals surface area contributed by atoms with E-state index >= 15 is 0 Å². The molecule has 0 aliphatic carbocycles. The van der Waals surface area contributed by atoms with Crippen molar-refractivity contribution in [3.63, 3.8) is 0 Å². The first-order valence-electron chi connectivity index (χ1n) is 12.2. The number of carbonyl (C=O) groups is 1. The monoisotopic (exact) mass is 402 g/mol. The summed E-state index contributed by atoms with van der Waals surface area (Å²) in [5, 5.41) is 2.75. The largest absolute Gasteiger partial charge is 0.355 e. The fourth-order valence-corrected chi connectivity index (χ4v) is 3.26. The number of rotatable bonds is 19. The number of nitrogens with one attached hydrogen (secondary N) is 1. The molecule has 0 saturated carbocycles. The van der Waals surface area contributed by atoms with Gasteiger partial charge in [0.1, 0.15) is 0 Å². The van der Waals surface area contributed by atoms with Gasteiger partial charge in [0.2, 0.25) is 5.91 Å². The molecule has 0 aromatic rings. The van der Waals surface area contributed by atoms with E-state index in [1.807, 2.05) is 0 Å². The fourth-order valence-electron chi connectivity index (χ4n) is 3.26. The average Bonchev–Trinajstić information content (AvgIpc) is 2.73. The Morgan fingerprint density at radius 2 is 1.14 bits per heavy atom. The summed E-state index contributed by atoms with van der Waals surface area (Å²) in [5.74, 6) is 12.0. The van der Waals surface area contributed by atoms with Gasteiger partial charge in [0.15, 0.2) is 0 Å². The van der Waals surface area contributed by atoms with E-state index in [9.17, 15) is 4.79 Å². The summed E-state index contributed by atoms with van der Waals surface area (Å²) >= 11 is 0. The van der Waals surface area contributed by atoms with Gasteiger partial charge in [-0.3, -0.25) is 4.79 Å². The highest BCUT2D eigenvalue weighted by atomic mass is 16.1. The molecule has 0 aromatic carbocycles. The maximum absolute atomic E-state index is 11.4. The topological polar surface area (TPSA) is 55.1 Å². The second-order valence-corrected chi connectivity index (χ2v) is 7.94. The third-order valence-corrected chi connectivity index (χ3v) is 5.07. The van der Waals surface area contributed by atoms with Gasteiger partial charge in [0.05, 0.1) is 0 Å². The van der Waals surface area contributed by atoms with Gasteiger partial charge in [0, 0.05) is 32.4 Å². The van der Waals surface area contributed by atoms with Crippen LogP contribution in [0.1, 0.15) is 122 Å². The van der Waals surface area contributed by atoms with Crippen LogP contribution >= 0.6 is 0 Å². The van der Waals surface area contributed by atoms with Crippen molar-refractivity contribution in [3.05, 3.63) is 0 Å². The zero-order valence-electron chi connectivity index (χ0n) is 19.1. The van der Waals surface area contributed by atoms with E-state index in [2.05, 4.69) is 35.9 Å². The summed E-state index contributed by atoms with van der Waals surface area (Å²) in [6, 6.07) is 0. The molecule has 166 valence electrons. The fraction of sp³-hybridized carbons (Fsp3) is 0.808. The maximum Gasteiger partial charge on any atom is 0.220 e. The van der Waals surface area contributed by atoms with Gasteiger partial charge in [0.25, 0.3) is 0 Å². The lowest BCUT2D eigenvalue weighted by molar-refractivity contribution is -0.121. The minimum absolute atomic E-state index is 0.0566. The first-order valence-corrected chi connectivity index (χ1v) is 12.2. The van der Waals surface area contributed by atoms with Crippen LogP contribution in [0.2, 0.25) is 0 Å². The van der Waals surface area contributed by atoms with Crippen molar-refractivity contribution in [1.82, 2.24) is 5.32 Å². The Morgan fingerprint density at radius 1 is 0.690 bits per heavy atom. The minimum atomic E-state index is 0.0566. The molecule has 0 spiro atoms. The number of carbonyl (C=O) groups excluding carboxylic acids is 1. The zero-order chi connectivity index (χ0) is 21.3. The van der Waals surface area contributed by atoms with Crippen molar-refractivity contribution in [2.45, 2.75) is 122 Å². The van der Waals surface area contributed by atoms with Gasteiger partial charge in [-0.1, -0.05) is 102 Å². The number of amides is 1. The van der Waals surface area contributed by atoms with Gasteiger partial charge in [-0.15, -0.1) is 0 Å². The van der Waals surface area contributed by atoms with E-state index in [4.69, 9.17) is 5.73 Å². The van der Waals surface area contributed by atoms with Crippen molar-refractivity contribution in [3.8, 4) is 23.7 Å². The molecule has 0 fully saturated rings. The molecule has 0 rings (SSSR count). The van der Waals surface area contributed by atoms with E-state index in [0.29, 0.717) is 19.5 Å². The molecule has 1 amide bonds. The minimum Gasteiger partial charge on any atom is -0.355 e. The van der Waals surface area contributed by atoms with E-state index in [1.54, 1.807) is 0 Å². The molecular weight excluding hydrogens is 356 g/mol. The summed E-state index contributed by atoms with van der Waals surface area (Å²) in [5.41, 5.74) is 5.33. The molecule has 3 N–H and O–H groups in total. The molecular formula is C26H46N2O. The van der Waals surface area contributed by atoms with Crippen LogP contribution < -0.4 is 11.1 Å². The molecule has 0 heterocycles. The first-order chi connectivity index (χ1) is 14.3. The Labute approximate surface area is 181 Å². The van der Waals surface area contributed by atoms with Crippen LogP contribution in [0.25, 0.3) is 0 Å². The van der Waals surface area contributed by atoms with Gasteiger partial charge in [-0.25, -0.2) is 0 Å². The van der Waals surface area contributed by atoms with Gasteiger partial charge in [-0.2, -0.15) is 0 Å². The third-order valence-electron chi connectivity index (χ3n) is 5.07. The molecule has 0 aliphatic heterocycles. The van der Waals surface area contributed by atoms with Crippen molar-refractivity contribution in [1.29, 1.82) is 0 Å². The van der Waals surface area contributed by atoms with Gasteiger partial charge < -0.3 is 11.1 Å². The lowest BCUT2D eigenvalue weighted by atomic mass is 10.0. The SMILES string of the molecule is CCCCCCCCCCCCCCCCC#CC#CCCCC(=O)NCCN. The predicted molar refractivity (Wildman–Crippen MR) is 126 cm³/mol.